The maximum Gasteiger partial charge on any atom is 0.254 e. The Kier molecular flexibility index (Phi) is 3.79. The predicted octanol–water partition coefficient (Wildman–Crippen LogP) is 3.99. The van der Waals surface area contributed by atoms with Gasteiger partial charge >= 0.3 is 0 Å². The summed E-state index contributed by atoms with van der Waals surface area (Å²) in [7, 11) is 1.80. The molecule has 2 heterocycles. The van der Waals surface area contributed by atoms with Crippen LogP contribution in [0.4, 0.5) is 0 Å². The number of rotatable bonds is 4. The Labute approximate surface area is 146 Å². The van der Waals surface area contributed by atoms with E-state index in [9.17, 15) is 4.79 Å². The van der Waals surface area contributed by atoms with Gasteiger partial charge < -0.3 is 9.42 Å². The molecule has 0 spiro atoms. The maximum atomic E-state index is 13.0. The van der Waals surface area contributed by atoms with Gasteiger partial charge in [0.1, 0.15) is 11.5 Å². The summed E-state index contributed by atoms with van der Waals surface area (Å²) in [6, 6.07) is 9.83. The molecule has 25 heavy (non-hydrogen) atoms. The molecule has 2 aromatic heterocycles. The second-order valence-corrected chi connectivity index (χ2v) is 6.99. The minimum Gasteiger partial charge on any atom is -0.361 e. The van der Waals surface area contributed by atoms with Crippen LogP contribution >= 0.6 is 0 Å². The van der Waals surface area contributed by atoms with E-state index in [-0.39, 0.29) is 5.91 Å². The number of hydrogen-bond acceptors (Lipinski definition) is 4. The van der Waals surface area contributed by atoms with E-state index in [0.29, 0.717) is 18.0 Å². The molecular formula is C20H21N3O2. The summed E-state index contributed by atoms with van der Waals surface area (Å²) in [5, 5.41) is 5.00. The van der Waals surface area contributed by atoms with Gasteiger partial charge in [-0.1, -0.05) is 16.8 Å². The summed E-state index contributed by atoms with van der Waals surface area (Å²) in [4.78, 5) is 19.2. The number of pyridine rings is 1. The van der Waals surface area contributed by atoms with Crippen LogP contribution in [-0.4, -0.2) is 28.0 Å². The SMILES string of the molecule is Cc1ccc2nc(C)cc(C(=O)N(C)Cc3cc(C4CC4)on3)c2c1. The van der Waals surface area contributed by atoms with Gasteiger partial charge in [0.05, 0.1) is 17.6 Å². The summed E-state index contributed by atoms with van der Waals surface area (Å²) < 4.78 is 5.38. The lowest BCUT2D eigenvalue weighted by Crippen LogP contribution is -2.26. The van der Waals surface area contributed by atoms with Crippen LogP contribution in [0.15, 0.2) is 34.9 Å². The molecule has 0 saturated heterocycles. The first kappa shape index (κ1) is 15.8. The van der Waals surface area contributed by atoms with E-state index in [1.807, 2.05) is 44.2 Å². The lowest BCUT2D eigenvalue weighted by atomic mass is 10.0. The van der Waals surface area contributed by atoms with Crippen molar-refractivity contribution < 1.29 is 9.32 Å². The van der Waals surface area contributed by atoms with Crippen LogP contribution in [0.3, 0.4) is 0 Å². The van der Waals surface area contributed by atoms with Crippen molar-refractivity contribution in [3.63, 3.8) is 0 Å². The summed E-state index contributed by atoms with van der Waals surface area (Å²) in [5.74, 6) is 1.44. The van der Waals surface area contributed by atoms with Crippen LogP contribution < -0.4 is 0 Å². The Bertz CT molecular complexity index is 957. The largest absolute Gasteiger partial charge is 0.361 e. The fourth-order valence-electron chi connectivity index (χ4n) is 3.13. The van der Waals surface area contributed by atoms with Gasteiger partial charge in [-0.2, -0.15) is 0 Å². The fourth-order valence-corrected chi connectivity index (χ4v) is 3.13. The summed E-state index contributed by atoms with van der Waals surface area (Å²) in [6.45, 7) is 4.37. The molecule has 0 N–H and O–H groups in total. The quantitative estimate of drug-likeness (QED) is 0.723. The minimum absolute atomic E-state index is 0.0305. The van der Waals surface area contributed by atoms with Crippen molar-refractivity contribution >= 4 is 16.8 Å². The Morgan fingerprint density at radius 3 is 2.80 bits per heavy atom. The highest BCUT2D eigenvalue weighted by Gasteiger charge is 2.28. The number of benzene rings is 1. The number of aromatic nitrogens is 2. The first-order valence-electron chi connectivity index (χ1n) is 8.60. The van der Waals surface area contributed by atoms with E-state index in [1.54, 1.807) is 11.9 Å². The van der Waals surface area contributed by atoms with Gasteiger partial charge in [-0.05, 0) is 44.9 Å². The maximum absolute atomic E-state index is 13.0. The summed E-state index contributed by atoms with van der Waals surface area (Å²) in [6.07, 6.45) is 2.34. The van der Waals surface area contributed by atoms with E-state index >= 15 is 0 Å². The monoisotopic (exact) mass is 335 g/mol. The Morgan fingerprint density at radius 1 is 1.24 bits per heavy atom. The molecule has 1 aliphatic rings. The summed E-state index contributed by atoms with van der Waals surface area (Å²) >= 11 is 0. The fraction of sp³-hybridized carbons (Fsp3) is 0.350. The third-order valence-corrected chi connectivity index (χ3v) is 4.63. The average Bonchev–Trinajstić information content (AvgIpc) is 3.34. The van der Waals surface area contributed by atoms with Crippen molar-refractivity contribution in [1.82, 2.24) is 15.0 Å². The van der Waals surface area contributed by atoms with Crippen molar-refractivity contribution in [2.45, 2.75) is 39.2 Å². The van der Waals surface area contributed by atoms with Gasteiger partial charge in [0, 0.05) is 30.1 Å². The van der Waals surface area contributed by atoms with Gasteiger partial charge in [-0.25, -0.2) is 0 Å². The van der Waals surface area contributed by atoms with Crippen LogP contribution in [0, 0.1) is 13.8 Å². The van der Waals surface area contributed by atoms with Crippen molar-refractivity contribution in [3.05, 3.63) is 58.6 Å². The molecule has 5 heteroatoms. The highest BCUT2D eigenvalue weighted by Crippen LogP contribution is 2.40. The van der Waals surface area contributed by atoms with E-state index in [2.05, 4.69) is 10.1 Å². The number of amides is 1. The lowest BCUT2D eigenvalue weighted by Gasteiger charge is -2.17. The lowest BCUT2D eigenvalue weighted by molar-refractivity contribution is 0.0784. The molecular weight excluding hydrogens is 314 g/mol. The highest BCUT2D eigenvalue weighted by molar-refractivity contribution is 6.06. The predicted molar refractivity (Wildman–Crippen MR) is 95.5 cm³/mol. The van der Waals surface area contributed by atoms with Crippen molar-refractivity contribution in [1.29, 1.82) is 0 Å². The molecule has 1 fully saturated rings. The van der Waals surface area contributed by atoms with Crippen LogP contribution in [0.1, 0.15) is 51.8 Å². The molecule has 1 saturated carbocycles. The molecule has 0 bridgehead atoms. The Morgan fingerprint density at radius 2 is 2.04 bits per heavy atom. The first-order valence-corrected chi connectivity index (χ1v) is 8.60. The second-order valence-electron chi connectivity index (χ2n) is 6.99. The molecule has 1 amide bonds. The van der Waals surface area contributed by atoms with Gasteiger partial charge in [-0.3, -0.25) is 9.78 Å². The molecule has 5 nitrogen and oxygen atoms in total. The third-order valence-electron chi connectivity index (χ3n) is 4.63. The second kappa shape index (κ2) is 5.99. The molecule has 0 atom stereocenters. The van der Waals surface area contributed by atoms with Crippen LogP contribution in [0.2, 0.25) is 0 Å². The van der Waals surface area contributed by atoms with Gasteiger partial charge in [-0.15, -0.1) is 0 Å². The highest BCUT2D eigenvalue weighted by atomic mass is 16.5. The zero-order chi connectivity index (χ0) is 17.6. The number of aryl methyl sites for hydroxylation is 2. The van der Waals surface area contributed by atoms with E-state index < -0.39 is 0 Å². The minimum atomic E-state index is -0.0305. The van der Waals surface area contributed by atoms with Crippen molar-refractivity contribution in [3.8, 4) is 0 Å². The molecule has 1 aliphatic carbocycles. The smallest absolute Gasteiger partial charge is 0.254 e. The number of carbonyl (C=O) groups is 1. The van der Waals surface area contributed by atoms with Crippen molar-refractivity contribution in [2.24, 2.45) is 0 Å². The molecule has 4 rings (SSSR count). The van der Waals surface area contributed by atoms with E-state index in [4.69, 9.17) is 4.52 Å². The van der Waals surface area contributed by atoms with Crippen LogP contribution in [-0.2, 0) is 6.54 Å². The number of nitrogens with zero attached hydrogens (tertiary/aromatic N) is 3. The average molecular weight is 335 g/mol. The van der Waals surface area contributed by atoms with Gasteiger partial charge in [0.15, 0.2) is 0 Å². The third kappa shape index (κ3) is 3.14. The molecule has 0 unspecified atom stereocenters. The zero-order valence-corrected chi connectivity index (χ0v) is 14.7. The Balaban J connectivity index is 1.62. The van der Waals surface area contributed by atoms with Crippen LogP contribution in [0.25, 0.3) is 10.9 Å². The number of fused-ring (bicyclic) bond motifs is 1. The van der Waals surface area contributed by atoms with Gasteiger partial charge in [0.25, 0.3) is 5.91 Å². The Hall–Kier alpha value is -2.69. The topological polar surface area (TPSA) is 59.2 Å². The molecule has 1 aromatic carbocycles. The van der Waals surface area contributed by atoms with E-state index in [0.717, 1.165) is 33.6 Å². The molecule has 0 radical (unpaired) electrons. The molecule has 128 valence electrons. The van der Waals surface area contributed by atoms with Crippen LogP contribution in [0.5, 0.6) is 0 Å². The van der Waals surface area contributed by atoms with Crippen molar-refractivity contribution in [2.75, 3.05) is 7.05 Å². The van der Waals surface area contributed by atoms with E-state index in [1.165, 1.54) is 12.8 Å². The first-order chi connectivity index (χ1) is 12.0. The standard InChI is InChI=1S/C20H21N3O2/c1-12-4-7-18-16(8-12)17(9-13(2)21-18)20(24)23(3)11-15-10-19(25-22-15)14-5-6-14/h4,7-10,14H,5-6,11H2,1-3H3. The zero-order valence-electron chi connectivity index (χ0n) is 14.7. The van der Waals surface area contributed by atoms with Gasteiger partial charge in [0.2, 0.25) is 0 Å². The number of carbonyl (C=O) groups excluding carboxylic acids is 1. The molecule has 3 aromatic rings. The number of hydrogen-bond donors (Lipinski definition) is 0. The summed E-state index contributed by atoms with van der Waals surface area (Å²) in [5.41, 5.74) is 4.27. The normalized spacial score (nSPS) is 14.0. The molecule has 0 aliphatic heterocycles.